The lowest BCUT2D eigenvalue weighted by atomic mass is 10.2. The molecule has 1 amide bonds. The first-order chi connectivity index (χ1) is 11.8. The number of allylic oxidation sites excluding steroid dienone is 2. The molecule has 6 nitrogen and oxygen atoms in total. The topological polar surface area (TPSA) is 94.9 Å². The van der Waals surface area contributed by atoms with Crippen LogP contribution in [0.1, 0.15) is 12.0 Å². The van der Waals surface area contributed by atoms with Gasteiger partial charge in [-0.15, -0.1) is 0 Å². The Balaban J connectivity index is 2.26. The summed E-state index contributed by atoms with van der Waals surface area (Å²) < 4.78 is -0.0194. The van der Waals surface area contributed by atoms with Gasteiger partial charge in [0.1, 0.15) is 10.4 Å². The number of carboxylic acid groups (broad SMARTS) is 2. The number of halogens is 1. The molecule has 25 heavy (non-hydrogen) atoms. The van der Waals surface area contributed by atoms with Gasteiger partial charge in [-0.1, -0.05) is 65.9 Å². The van der Waals surface area contributed by atoms with Gasteiger partial charge in [-0.2, -0.15) is 0 Å². The smallest absolute Gasteiger partial charge is 0.327 e. The number of benzene rings is 1. The first-order valence-electron chi connectivity index (χ1n) is 6.93. The molecule has 0 bridgehead atoms. The molecular formula is C16H12ClNO5S2. The van der Waals surface area contributed by atoms with E-state index in [0.717, 1.165) is 22.2 Å². The maximum absolute atomic E-state index is 12.4. The highest BCUT2D eigenvalue weighted by Crippen LogP contribution is 2.34. The molecule has 1 atom stereocenters. The van der Waals surface area contributed by atoms with Crippen LogP contribution in [0.5, 0.6) is 0 Å². The van der Waals surface area contributed by atoms with Crippen LogP contribution in [0.25, 0.3) is 6.08 Å². The molecule has 0 aromatic heterocycles. The number of rotatable bonds is 6. The molecule has 1 fully saturated rings. The minimum absolute atomic E-state index is 0.0194. The summed E-state index contributed by atoms with van der Waals surface area (Å²) in [4.78, 5) is 35.5. The zero-order chi connectivity index (χ0) is 18.6. The Morgan fingerprint density at radius 3 is 2.48 bits per heavy atom. The summed E-state index contributed by atoms with van der Waals surface area (Å²) in [7, 11) is 0. The fraction of sp³-hybridized carbons (Fsp3) is 0.125. The van der Waals surface area contributed by atoms with Crippen molar-refractivity contribution in [3.8, 4) is 0 Å². The molecule has 2 N–H and O–H groups in total. The minimum atomic E-state index is -1.56. The Hall–Kier alpha value is -2.16. The van der Waals surface area contributed by atoms with E-state index in [0.29, 0.717) is 0 Å². The van der Waals surface area contributed by atoms with Crippen molar-refractivity contribution >= 4 is 63.8 Å². The predicted octanol–water partition coefficient (Wildman–Crippen LogP) is 2.94. The van der Waals surface area contributed by atoms with Crippen LogP contribution >= 0.6 is 35.6 Å². The van der Waals surface area contributed by atoms with Gasteiger partial charge in [0.25, 0.3) is 5.91 Å². The number of carbonyl (C=O) groups is 3. The SMILES string of the molecule is O=C(O)CC(C(=O)O)N1C(=O)/C(=C\C(Cl)=C\c2ccccc2)SC1=S. The summed E-state index contributed by atoms with van der Waals surface area (Å²) in [5.41, 5.74) is 0.827. The summed E-state index contributed by atoms with van der Waals surface area (Å²) >= 11 is 12.0. The van der Waals surface area contributed by atoms with E-state index in [1.54, 1.807) is 6.08 Å². The van der Waals surface area contributed by atoms with Gasteiger partial charge in [0.2, 0.25) is 0 Å². The van der Waals surface area contributed by atoms with E-state index >= 15 is 0 Å². The lowest BCUT2D eigenvalue weighted by molar-refractivity contribution is -0.150. The van der Waals surface area contributed by atoms with E-state index in [4.69, 9.17) is 28.9 Å². The van der Waals surface area contributed by atoms with E-state index in [1.807, 2.05) is 30.3 Å². The number of hydrogen-bond donors (Lipinski definition) is 2. The summed E-state index contributed by atoms with van der Waals surface area (Å²) in [6.45, 7) is 0. The third-order valence-electron chi connectivity index (χ3n) is 3.16. The fourth-order valence-electron chi connectivity index (χ4n) is 2.08. The molecule has 1 saturated heterocycles. The van der Waals surface area contributed by atoms with Crippen molar-refractivity contribution in [2.45, 2.75) is 12.5 Å². The number of amides is 1. The molecule has 1 aromatic carbocycles. The van der Waals surface area contributed by atoms with Gasteiger partial charge in [-0.3, -0.25) is 14.5 Å². The molecule has 2 rings (SSSR count). The third-order valence-corrected chi connectivity index (χ3v) is 4.71. The van der Waals surface area contributed by atoms with E-state index in [2.05, 4.69) is 0 Å². The molecular weight excluding hydrogens is 386 g/mol. The van der Waals surface area contributed by atoms with Crippen LogP contribution in [0, 0.1) is 0 Å². The minimum Gasteiger partial charge on any atom is -0.481 e. The quantitative estimate of drug-likeness (QED) is 0.562. The third kappa shape index (κ3) is 4.91. The van der Waals surface area contributed by atoms with Crippen LogP contribution < -0.4 is 0 Å². The zero-order valence-corrected chi connectivity index (χ0v) is 15.0. The average Bonchev–Trinajstić information content (AvgIpc) is 2.79. The standard InChI is InChI=1S/C16H12ClNO5S2/c17-10(6-9-4-2-1-3-5-9)7-12-14(21)18(16(24)25-12)11(15(22)23)8-13(19)20/h1-7,11H,8H2,(H,19,20)(H,22,23)/b10-6-,12-7+. The highest BCUT2D eigenvalue weighted by atomic mass is 35.5. The second-order valence-corrected chi connectivity index (χ2v) is 7.06. The molecule has 1 aromatic rings. The molecule has 0 saturated carbocycles. The highest BCUT2D eigenvalue weighted by molar-refractivity contribution is 8.26. The van der Waals surface area contributed by atoms with Crippen molar-refractivity contribution in [2.75, 3.05) is 0 Å². The molecule has 9 heteroatoms. The Kier molecular flexibility index (Phi) is 6.35. The zero-order valence-electron chi connectivity index (χ0n) is 12.6. The Morgan fingerprint density at radius 2 is 1.92 bits per heavy atom. The van der Waals surface area contributed by atoms with Crippen LogP contribution in [0.3, 0.4) is 0 Å². The van der Waals surface area contributed by atoms with Gasteiger partial charge < -0.3 is 10.2 Å². The summed E-state index contributed by atoms with van der Waals surface area (Å²) in [6.07, 6.45) is 2.27. The van der Waals surface area contributed by atoms with Crippen LogP contribution in [-0.2, 0) is 14.4 Å². The Bertz CT molecular complexity index is 791. The fourth-order valence-corrected chi connectivity index (χ4v) is 3.73. The lowest BCUT2D eigenvalue weighted by Gasteiger charge is -2.21. The van der Waals surface area contributed by atoms with Gasteiger partial charge >= 0.3 is 11.9 Å². The molecule has 1 aliphatic heterocycles. The van der Waals surface area contributed by atoms with Gasteiger partial charge in [0, 0.05) is 5.03 Å². The maximum atomic E-state index is 12.4. The van der Waals surface area contributed by atoms with Gasteiger partial charge in [0.15, 0.2) is 0 Å². The largest absolute Gasteiger partial charge is 0.481 e. The summed E-state index contributed by atoms with van der Waals surface area (Å²) in [6, 6.07) is 7.61. The monoisotopic (exact) mass is 397 g/mol. The van der Waals surface area contributed by atoms with Gasteiger partial charge in [-0.05, 0) is 17.7 Å². The number of aliphatic carboxylic acids is 2. The Morgan fingerprint density at radius 1 is 1.28 bits per heavy atom. The average molecular weight is 398 g/mol. The van der Waals surface area contributed by atoms with Crippen molar-refractivity contribution in [2.24, 2.45) is 0 Å². The predicted molar refractivity (Wildman–Crippen MR) is 99.1 cm³/mol. The number of thiocarbonyl (C=S) groups is 1. The van der Waals surface area contributed by atoms with Crippen molar-refractivity contribution in [3.63, 3.8) is 0 Å². The highest BCUT2D eigenvalue weighted by Gasteiger charge is 2.41. The number of thioether (sulfide) groups is 1. The van der Waals surface area contributed by atoms with Crippen molar-refractivity contribution in [1.29, 1.82) is 0 Å². The van der Waals surface area contributed by atoms with E-state index in [1.165, 1.54) is 6.08 Å². The molecule has 0 aliphatic carbocycles. The van der Waals surface area contributed by atoms with E-state index in [9.17, 15) is 19.5 Å². The second kappa shape index (κ2) is 8.28. The van der Waals surface area contributed by atoms with E-state index < -0.39 is 30.3 Å². The molecule has 1 unspecified atom stereocenters. The molecule has 0 spiro atoms. The number of carboxylic acids is 2. The van der Waals surface area contributed by atoms with Crippen molar-refractivity contribution in [1.82, 2.24) is 4.90 Å². The summed E-state index contributed by atoms with van der Waals surface area (Å²) in [5, 5.41) is 18.3. The van der Waals surface area contributed by atoms with E-state index in [-0.39, 0.29) is 14.3 Å². The van der Waals surface area contributed by atoms with Crippen molar-refractivity contribution in [3.05, 3.63) is 51.9 Å². The lowest BCUT2D eigenvalue weighted by Crippen LogP contribution is -2.45. The number of nitrogens with zero attached hydrogens (tertiary/aromatic N) is 1. The van der Waals surface area contributed by atoms with Crippen molar-refractivity contribution < 1.29 is 24.6 Å². The van der Waals surface area contributed by atoms with Gasteiger partial charge in [-0.25, -0.2) is 4.79 Å². The number of hydrogen-bond acceptors (Lipinski definition) is 5. The van der Waals surface area contributed by atoms with Crippen LogP contribution in [0.2, 0.25) is 0 Å². The van der Waals surface area contributed by atoms with Gasteiger partial charge in [0.05, 0.1) is 11.3 Å². The first kappa shape index (κ1) is 19.2. The number of carbonyl (C=O) groups excluding carboxylic acids is 1. The molecule has 1 heterocycles. The second-order valence-electron chi connectivity index (χ2n) is 4.94. The maximum Gasteiger partial charge on any atom is 0.327 e. The molecule has 1 aliphatic rings. The van der Waals surface area contributed by atoms with Crippen LogP contribution in [-0.4, -0.2) is 43.3 Å². The van der Waals surface area contributed by atoms with Crippen LogP contribution in [0.15, 0.2) is 46.3 Å². The first-order valence-corrected chi connectivity index (χ1v) is 8.53. The van der Waals surface area contributed by atoms with Crippen LogP contribution in [0.4, 0.5) is 0 Å². The normalized spacial score (nSPS) is 17.9. The summed E-state index contributed by atoms with van der Waals surface area (Å²) in [5.74, 6) is -3.46. The molecule has 0 radical (unpaired) electrons. The Labute approximate surface area is 157 Å². The molecule has 130 valence electrons.